The van der Waals surface area contributed by atoms with Crippen LogP contribution < -0.4 is 4.74 Å². The fourth-order valence-corrected chi connectivity index (χ4v) is 3.00. The van der Waals surface area contributed by atoms with Gasteiger partial charge in [0.05, 0.1) is 18.7 Å². The molecule has 2 atom stereocenters. The van der Waals surface area contributed by atoms with Crippen molar-refractivity contribution >= 4 is 5.91 Å². The first-order valence-electron chi connectivity index (χ1n) is 6.43. The van der Waals surface area contributed by atoms with Gasteiger partial charge in [0.25, 0.3) is 5.91 Å². The third-order valence-corrected chi connectivity index (χ3v) is 3.88. The number of fused-ring (bicyclic) bond motifs is 2. The summed E-state index contributed by atoms with van der Waals surface area (Å²) in [5.41, 5.74) is 0.673. The van der Waals surface area contributed by atoms with Crippen LogP contribution in [-0.2, 0) is 0 Å². The molecule has 2 unspecified atom stereocenters. The second-order valence-corrected chi connectivity index (χ2v) is 4.88. The van der Waals surface area contributed by atoms with E-state index in [0.29, 0.717) is 17.4 Å². The van der Waals surface area contributed by atoms with E-state index in [-0.39, 0.29) is 11.9 Å². The highest BCUT2D eigenvalue weighted by atomic mass is 16.5. The van der Waals surface area contributed by atoms with E-state index >= 15 is 0 Å². The number of rotatable bonds is 2. The molecule has 2 aliphatic rings. The van der Waals surface area contributed by atoms with Crippen LogP contribution in [0.1, 0.15) is 29.6 Å². The first kappa shape index (κ1) is 11.3. The third-order valence-electron chi connectivity index (χ3n) is 3.88. The zero-order valence-corrected chi connectivity index (χ0v) is 10.5. The summed E-state index contributed by atoms with van der Waals surface area (Å²) in [5, 5.41) is 0. The molecule has 0 aromatic heterocycles. The molecule has 2 aliphatic heterocycles. The Morgan fingerprint density at radius 3 is 2.94 bits per heavy atom. The van der Waals surface area contributed by atoms with Crippen molar-refractivity contribution in [2.24, 2.45) is 0 Å². The zero-order chi connectivity index (χ0) is 12.5. The van der Waals surface area contributed by atoms with Crippen molar-refractivity contribution in [3.05, 3.63) is 42.0 Å². The van der Waals surface area contributed by atoms with E-state index in [1.54, 1.807) is 7.11 Å². The first-order chi connectivity index (χ1) is 8.81. The molecule has 1 fully saturated rings. The van der Waals surface area contributed by atoms with Gasteiger partial charge in [0.1, 0.15) is 5.75 Å². The smallest absolute Gasteiger partial charge is 0.258 e. The summed E-state index contributed by atoms with van der Waals surface area (Å²) >= 11 is 0. The molecule has 0 spiro atoms. The van der Waals surface area contributed by atoms with Crippen LogP contribution in [0.15, 0.2) is 36.4 Å². The fourth-order valence-electron chi connectivity index (χ4n) is 3.00. The molecule has 1 saturated heterocycles. The molecule has 1 aromatic rings. The molecule has 18 heavy (non-hydrogen) atoms. The average Bonchev–Trinajstić information content (AvgIpc) is 2.67. The Morgan fingerprint density at radius 1 is 1.33 bits per heavy atom. The van der Waals surface area contributed by atoms with Crippen LogP contribution in [0.3, 0.4) is 0 Å². The maximum absolute atomic E-state index is 12.7. The van der Waals surface area contributed by atoms with E-state index in [9.17, 15) is 4.79 Å². The van der Waals surface area contributed by atoms with E-state index in [1.807, 2.05) is 29.2 Å². The SMILES string of the molecule is COc1ccccc1C(=O)N1C2C=CCC1CC2. The van der Waals surface area contributed by atoms with Gasteiger partial charge in [-0.3, -0.25) is 4.79 Å². The van der Waals surface area contributed by atoms with E-state index in [0.717, 1.165) is 19.3 Å². The molecule has 3 nitrogen and oxygen atoms in total. The number of methoxy groups -OCH3 is 1. The highest BCUT2D eigenvalue weighted by molar-refractivity contribution is 5.97. The van der Waals surface area contributed by atoms with Crippen molar-refractivity contribution in [3.8, 4) is 5.75 Å². The number of hydrogen-bond acceptors (Lipinski definition) is 2. The topological polar surface area (TPSA) is 29.5 Å². The van der Waals surface area contributed by atoms with Crippen LogP contribution in [0.25, 0.3) is 0 Å². The summed E-state index contributed by atoms with van der Waals surface area (Å²) < 4.78 is 5.28. The quantitative estimate of drug-likeness (QED) is 0.747. The molecule has 94 valence electrons. The molecule has 3 heteroatoms. The molecule has 1 aromatic carbocycles. The second kappa shape index (κ2) is 4.48. The van der Waals surface area contributed by atoms with E-state index in [2.05, 4.69) is 12.2 Å². The molecule has 1 amide bonds. The molecule has 2 heterocycles. The molecule has 0 N–H and O–H groups in total. The van der Waals surface area contributed by atoms with Gasteiger partial charge in [-0.2, -0.15) is 0 Å². The molecule has 0 aliphatic carbocycles. The monoisotopic (exact) mass is 243 g/mol. The minimum atomic E-state index is 0.101. The Hall–Kier alpha value is -1.77. The van der Waals surface area contributed by atoms with E-state index < -0.39 is 0 Å². The van der Waals surface area contributed by atoms with Gasteiger partial charge in [-0.1, -0.05) is 24.3 Å². The standard InChI is InChI=1S/C15H17NO2/c1-18-14-8-3-2-7-13(14)15(17)16-11-5-4-6-12(16)10-9-11/h2-5,7-8,11-12H,6,9-10H2,1H3. The number of hydrogen-bond donors (Lipinski definition) is 0. The highest BCUT2D eigenvalue weighted by Crippen LogP contribution is 2.34. The minimum absolute atomic E-state index is 0.101. The Balaban J connectivity index is 1.93. The number of benzene rings is 1. The minimum Gasteiger partial charge on any atom is -0.496 e. The number of para-hydroxylation sites is 1. The lowest BCUT2D eigenvalue weighted by Gasteiger charge is -2.31. The predicted octanol–water partition coefficient (Wildman–Crippen LogP) is 2.63. The average molecular weight is 243 g/mol. The Labute approximate surface area is 107 Å². The Bertz CT molecular complexity index is 495. The molecular formula is C15H17NO2. The predicted molar refractivity (Wildman–Crippen MR) is 69.7 cm³/mol. The number of ether oxygens (including phenoxy) is 1. The summed E-state index contributed by atoms with van der Waals surface area (Å²) in [6, 6.07) is 8.12. The maximum Gasteiger partial charge on any atom is 0.258 e. The summed E-state index contributed by atoms with van der Waals surface area (Å²) in [5.74, 6) is 0.765. The van der Waals surface area contributed by atoms with Crippen molar-refractivity contribution in [2.75, 3.05) is 7.11 Å². The number of carbonyl (C=O) groups excluding carboxylic acids is 1. The van der Waals surface area contributed by atoms with Gasteiger partial charge in [0, 0.05) is 6.04 Å². The number of amides is 1. The Kier molecular flexibility index (Phi) is 2.82. The van der Waals surface area contributed by atoms with Crippen molar-refractivity contribution in [3.63, 3.8) is 0 Å². The van der Waals surface area contributed by atoms with Crippen LogP contribution in [0.5, 0.6) is 5.75 Å². The summed E-state index contributed by atoms with van der Waals surface area (Å²) in [7, 11) is 1.61. The van der Waals surface area contributed by atoms with Gasteiger partial charge in [-0.25, -0.2) is 0 Å². The maximum atomic E-state index is 12.7. The van der Waals surface area contributed by atoms with Crippen LogP contribution >= 0.6 is 0 Å². The summed E-state index contributed by atoms with van der Waals surface area (Å²) in [4.78, 5) is 14.7. The van der Waals surface area contributed by atoms with Crippen LogP contribution in [0.2, 0.25) is 0 Å². The molecule has 2 bridgehead atoms. The Morgan fingerprint density at radius 2 is 2.17 bits per heavy atom. The zero-order valence-electron chi connectivity index (χ0n) is 10.5. The van der Waals surface area contributed by atoms with Gasteiger partial charge >= 0.3 is 0 Å². The normalized spacial score (nSPS) is 25.3. The number of carbonyl (C=O) groups is 1. The molecule has 3 rings (SSSR count). The summed E-state index contributed by atoms with van der Waals surface area (Å²) in [6.45, 7) is 0. The van der Waals surface area contributed by atoms with Crippen LogP contribution in [-0.4, -0.2) is 30.0 Å². The lowest BCUT2D eigenvalue weighted by Crippen LogP contribution is -2.42. The number of nitrogens with zero attached hydrogens (tertiary/aromatic N) is 1. The van der Waals surface area contributed by atoms with Gasteiger partial charge in [-0.15, -0.1) is 0 Å². The molecule has 0 saturated carbocycles. The second-order valence-electron chi connectivity index (χ2n) is 4.88. The molecular weight excluding hydrogens is 226 g/mol. The van der Waals surface area contributed by atoms with E-state index in [1.165, 1.54) is 0 Å². The largest absolute Gasteiger partial charge is 0.496 e. The summed E-state index contributed by atoms with van der Waals surface area (Å²) in [6.07, 6.45) is 7.54. The van der Waals surface area contributed by atoms with Gasteiger partial charge in [0.2, 0.25) is 0 Å². The molecule has 0 radical (unpaired) electrons. The fraction of sp³-hybridized carbons (Fsp3) is 0.400. The lowest BCUT2D eigenvalue weighted by atomic mass is 10.1. The highest BCUT2D eigenvalue weighted by Gasteiger charge is 2.38. The van der Waals surface area contributed by atoms with Gasteiger partial charge < -0.3 is 9.64 Å². The van der Waals surface area contributed by atoms with E-state index in [4.69, 9.17) is 4.74 Å². The lowest BCUT2D eigenvalue weighted by molar-refractivity contribution is 0.0685. The first-order valence-corrected chi connectivity index (χ1v) is 6.43. The van der Waals surface area contributed by atoms with Crippen molar-refractivity contribution < 1.29 is 9.53 Å². The van der Waals surface area contributed by atoms with Gasteiger partial charge in [-0.05, 0) is 31.4 Å². The van der Waals surface area contributed by atoms with Crippen molar-refractivity contribution in [1.82, 2.24) is 4.90 Å². The van der Waals surface area contributed by atoms with Crippen molar-refractivity contribution in [2.45, 2.75) is 31.3 Å². The van der Waals surface area contributed by atoms with Gasteiger partial charge in [0.15, 0.2) is 0 Å². The third kappa shape index (κ3) is 1.70. The van der Waals surface area contributed by atoms with Crippen LogP contribution in [0.4, 0.5) is 0 Å². The van der Waals surface area contributed by atoms with Crippen LogP contribution in [0, 0.1) is 0 Å². The van der Waals surface area contributed by atoms with Crippen molar-refractivity contribution in [1.29, 1.82) is 0 Å².